The maximum Gasteiger partial charge on any atom is 0.221 e. The molecule has 1 fully saturated rings. The van der Waals surface area contributed by atoms with Gasteiger partial charge in [-0.05, 0) is 31.0 Å². The molecular weight excluding hydrogens is 282 g/mol. The van der Waals surface area contributed by atoms with Crippen LogP contribution in [0.15, 0.2) is 18.2 Å². The molecule has 2 aromatic rings. The van der Waals surface area contributed by atoms with Gasteiger partial charge in [0.25, 0.3) is 0 Å². The smallest absolute Gasteiger partial charge is 0.221 e. The highest BCUT2D eigenvalue weighted by Crippen LogP contribution is 2.27. The van der Waals surface area contributed by atoms with Crippen molar-refractivity contribution < 1.29 is 4.79 Å². The first-order chi connectivity index (χ1) is 9.20. The van der Waals surface area contributed by atoms with E-state index >= 15 is 0 Å². The van der Waals surface area contributed by atoms with Crippen LogP contribution in [-0.4, -0.2) is 23.5 Å². The molecule has 19 heavy (non-hydrogen) atoms. The molecule has 0 bridgehead atoms. The third kappa shape index (κ3) is 3.36. The van der Waals surface area contributed by atoms with Gasteiger partial charge in [-0.15, -0.1) is 0 Å². The fraction of sp³-hybridized carbons (Fsp3) is 0.385. The van der Waals surface area contributed by atoms with Crippen molar-refractivity contribution in [2.45, 2.75) is 25.3 Å². The zero-order chi connectivity index (χ0) is 13.2. The van der Waals surface area contributed by atoms with Crippen LogP contribution in [0, 0.1) is 0 Å². The number of aromatic nitrogens is 1. The molecule has 1 amide bonds. The molecule has 1 aromatic carbocycles. The molecule has 6 heteroatoms. The number of nitrogens with zero attached hydrogens (tertiary/aromatic N) is 1. The summed E-state index contributed by atoms with van der Waals surface area (Å²) in [6, 6.07) is 6.09. The Morgan fingerprint density at radius 2 is 2.32 bits per heavy atom. The van der Waals surface area contributed by atoms with Gasteiger partial charge >= 0.3 is 0 Å². The Morgan fingerprint density at radius 3 is 3.11 bits per heavy atom. The van der Waals surface area contributed by atoms with E-state index in [2.05, 4.69) is 15.6 Å². The fourth-order valence-electron chi connectivity index (χ4n) is 1.79. The number of carbonyl (C=O) groups is 1. The average molecular weight is 296 g/mol. The van der Waals surface area contributed by atoms with Crippen LogP contribution < -0.4 is 10.6 Å². The standard InChI is InChI=1S/C13H14ClN3OS/c14-8-1-4-11-10(7-8)17-13(19-11)15-6-5-12(18)16-9-2-3-9/h1,4,7,9H,2-3,5-6H2,(H,15,17)(H,16,18). The van der Waals surface area contributed by atoms with Gasteiger partial charge in [0, 0.05) is 24.0 Å². The Kier molecular flexibility index (Phi) is 3.57. The number of anilines is 1. The zero-order valence-corrected chi connectivity index (χ0v) is 11.9. The van der Waals surface area contributed by atoms with Gasteiger partial charge < -0.3 is 10.6 Å². The number of rotatable bonds is 5. The molecule has 0 saturated heterocycles. The fourth-order valence-corrected chi connectivity index (χ4v) is 2.82. The summed E-state index contributed by atoms with van der Waals surface area (Å²) in [5, 5.41) is 7.66. The quantitative estimate of drug-likeness (QED) is 0.891. The van der Waals surface area contributed by atoms with E-state index in [1.54, 1.807) is 11.3 Å². The lowest BCUT2D eigenvalue weighted by Crippen LogP contribution is -2.27. The predicted molar refractivity (Wildman–Crippen MR) is 78.9 cm³/mol. The van der Waals surface area contributed by atoms with E-state index in [0.29, 0.717) is 24.0 Å². The summed E-state index contributed by atoms with van der Waals surface area (Å²) in [6.45, 7) is 0.603. The summed E-state index contributed by atoms with van der Waals surface area (Å²) in [4.78, 5) is 15.9. The topological polar surface area (TPSA) is 54.0 Å². The van der Waals surface area contributed by atoms with Gasteiger partial charge in [0.05, 0.1) is 10.2 Å². The van der Waals surface area contributed by atoms with Gasteiger partial charge in [-0.2, -0.15) is 0 Å². The summed E-state index contributed by atoms with van der Waals surface area (Å²) in [7, 11) is 0. The van der Waals surface area contributed by atoms with E-state index in [1.807, 2.05) is 18.2 Å². The highest BCUT2D eigenvalue weighted by Gasteiger charge is 2.22. The molecule has 0 radical (unpaired) electrons. The van der Waals surface area contributed by atoms with Crippen molar-refractivity contribution in [3.63, 3.8) is 0 Å². The second-order valence-corrected chi connectivity index (χ2v) is 6.12. The Hall–Kier alpha value is -1.33. The maximum absolute atomic E-state index is 11.5. The predicted octanol–water partition coefficient (Wildman–Crippen LogP) is 3.03. The molecule has 3 rings (SSSR count). The van der Waals surface area contributed by atoms with Crippen molar-refractivity contribution in [2.75, 3.05) is 11.9 Å². The molecule has 4 nitrogen and oxygen atoms in total. The molecule has 0 spiro atoms. The monoisotopic (exact) mass is 295 g/mol. The van der Waals surface area contributed by atoms with Gasteiger partial charge in [-0.1, -0.05) is 22.9 Å². The minimum Gasteiger partial charge on any atom is -0.361 e. The molecule has 0 atom stereocenters. The number of nitrogens with one attached hydrogen (secondary N) is 2. The third-order valence-electron chi connectivity index (χ3n) is 2.92. The van der Waals surface area contributed by atoms with Crippen LogP contribution in [0.4, 0.5) is 5.13 Å². The van der Waals surface area contributed by atoms with Crippen molar-refractivity contribution in [3.8, 4) is 0 Å². The van der Waals surface area contributed by atoms with Gasteiger partial charge in [0.15, 0.2) is 5.13 Å². The van der Waals surface area contributed by atoms with E-state index in [0.717, 1.165) is 28.2 Å². The van der Waals surface area contributed by atoms with E-state index in [9.17, 15) is 4.79 Å². The van der Waals surface area contributed by atoms with Gasteiger partial charge in [0.2, 0.25) is 5.91 Å². The second kappa shape index (κ2) is 5.35. The van der Waals surface area contributed by atoms with Crippen LogP contribution in [0.5, 0.6) is 0 Å². The Balaban J connectivity index is 1.54. The number of amides is 1. The van der Waals surface area contributed by atoms with Crippen molar-refractivity contribution in [1.82, 2.24) is 10.3 Å². The molecule has 1 aliphatic carbocycles. The molecule has 2 N–H and O–H groups in total. The van der Waals surface area contributed by atoms with Crippen molar-refractivity contribution in [2.24, 2.45) is 0 Å². The number of hydrogen-bond donors (Lipinski definition) is 2. The van der Waals surface area contributed by atoms with Crippen molar-refractivity contribution in [3.05, 3.63) is 23.2 Å². The van der Waals surface area contributed by atoms with Crippen LogP contribution >= 0.6 is 22.9 Å². The first-order valence-corrected chi connectivity index (χ1v) is 7.49. The molecule has 1 heterocycles. The van der Waals surface area contributed by atoms with Crippen LogP contribution in [-0.2, 0) is 4.79 Å². The highest BCUT2D eigenvalue weighted by atomic mass is 35.5. The number of carbonyl (C=O) groups excluding carboxylic acids is 1. The average Bonchev–Trinajstić information content (AvgIpc) is 3.07. The molecule has 1 saturated carbocycles. The number of fused-ring (bicyclic) bond motifs is 1. The largest absolute Gasteiger partial charge is 0.361 e. The number of hydrogen-bond acceptors (Lipinski definition) is 4. The highest BCUT2D eigenvalue weighted by molar-refractivity contribution is 7.22. The third-order valence-corrected chi connectivity index (χ3v) is 4.15. The van der Waals surface area contributed by atoms with Crippen LogP contribution in [0.1, 0.15) is 19.3 Å². The van der Waals surface area contributed by atoms with Crippen LogP contribution in [0.25, 0.3) is 10.2 Å². The summed E-state index contributed by atoms with van der Waals surface area (Å²) in [5.41, 5.74) is 0.891. The Morgan fingerprint density at radius 1 is 1.47 bits per heavy atom. The normalized spacial score (nSPS) is 14.6. The summed E-state index contributed by atoms with van der Waals surface area (Å²) in [6.07, 6.45) is 2.72. The van der Waals surface area contributed by atoms with E-state index in [1.165, 1.54) is 0 Å². The van der Waals surface area contributed by atoms with E-state index in [-0.39, 0.29) is 5.91 Å². The molecule has 0 unspecified atom stereocenters. The second-order valence-electron chi connectivity index (χ2n) is 4.65. The summed E-state index contributed by atoms with van der Waals surface area (Å²) >= 11 is 7.49. The number of halogens is 1. The van der Waals surface area contributed by atoms with Gasteiger partial charge in [-0.3, -0.25) is 4.79 Å². The van der Waals surface area contributed by atoms with Crippen LogP contribution in [0.3, 0.4) is 0 Å². The Labute approximate surface area is 120 Å². The summed E-state index contributed by atoms with van der Waals surface area (Å²) in [5.74, 6) is 0.110. The lowest BCUT2D eigenvalue weighted by Gasteiger charge is -2.03. The number of benzene rings is 1. The minimum atomic E-state index is 0.110. The maximum atomic E-state index is 11.5. The first-order valence-electron chi connectivity index (χ1n) is 6.30. The van der Waals surface area contributed by atoms with Gasteiger partial charge in [0.1, 0.15) is 0 Å². The van der Waals surface area contributed by atoms with E-state index in [4.69, 9.17) is 11.6 Å². The summed E-state index contributed by atoms with van der Waals surface area (Å²) < 4.78 is 1.09. The lowest BCUT2D eigenvalue weighted by molar-refractivity contribution is -0.120. The Bertz CT molecular complexity index is 609. The van der Waals surface area contributed by atoms with Crippen molar-refractivity contribution in [1.29, 1.82) is 0 Å². The number of thiazole rings is 1. The zero-order valence-electron chi connectivity index (χ0n) is 10.3. The molecule has 1 aromatic heterocycles. The molecule has 1 aliphatic rings. The van der Waals surface area contributed by atoms with Gasteiger partial charge in [-0.25, -0.2) is 4.98 Å². The SMILES string of the molecule is O=C(CCNc1nc2cc(Cl)ccc2s1)NC1CC1. The lowest BCUT2D eigenvalue weighted by atomic mass is 10.3. The minimum absolute atomic E-state index is 0.110. The van der Waals surface area contributed by atoms with Crippen LogP contribution in [0.2, 0.25) is 5.02 Å². The van der Waals surface area contributed by atoms with Crippen molar-refractivity contribution >= 4 is 44.2 Å². The first kappa shape index (κ1) is 12.7. The molecule has 0 aliphatic heterocycles. The molecular formula is C13H14ClN3OS. The van der Waals surface area contributed by atoms with E-state index < -0.39 is 0 Å². The molecule has 100 valence electrons.